The molecule has 0 aliphatic heterocycles. The monoisotopic (exact) mass is 303 g/mol. The molecular weight excluding hydrogens is 274 g/mol. The highest BCUT2D eigenvalue weighted by Gasteiger charge is 2.28. The van der Waals surface area contributed by atoms with Crippen molar-refractivity contribution in [1.29, 1.82) is 0 Å². The van der Waals surface area contributed by atoms with Crippen molar-refractivity contribution in [1.82, 2.24) is 0 Å². The highest BCUT2D eigenvalue weighted by molar-refractivity contribution is 6.58. The molecule has 0 spiro atoms. The summed E-state index contributed by atoms with van der Waals surface area (Å²) in [7, 11) is -0.614. The third-order valence-corrected chi connectivity index (χ3v) is 6.36. The van der Waals surface area contributed by atoms with Gasteiger partial charge < -0.3 is 5.73 Å². The molecule has 0 radical (unpaired) electrons. The predicted octanol–water partition coefficient (Wildman–Crippen LogP) is 4.12. The first-order chi connectivity index (χ1) is 9.57. The molecule has 0 bridgehead atoms. The molecule has 0 aromatic heterocycles. The number of allylic oxidation sites excluding steroid dienone is 2. The molecule has 116 valence electrons. The van der Waals surface area contributed by atoms with Gasteiger partial charge in [-0.25, -0.2) is 0 Å². The Hall–Kier alpha value is -1.35. The van der Waals surface area contributed by atoms with E-state index in [9.17, 15) is 4.79 Å². The number of hydrogen-bond donors (Lipinski definition) is 1. The summed E-state index contributed by atoms with van der Waals surface area (Å²) < 4.78 is 0. The summed E-state index contributed by atoms with van der Waals surface area (Å²) in [6.45, 7) is 14.8. The van der Waals surface area contributed by atoms with Gasteiger partial charge >= 0.3 is 0 Å². The minimum absolute atomic E-state index is 0.257. The zero-order chi connectivity index (χ0) is 16.4. The zero-order valence-electron chi connectivity index (χ0n) is 14.4. The van der Waals surface area contributed by atoms with Crippen LogP contribution in [0.15, 0.2) is 29.8 Å². The number of carbonyl (C=O) groups excluding carboxylic acids is 1. The quantitative estimate of drug-likeness (QED) is 0.779. The van der Waals surface area contributed by atoms with E-state index in [0.717, 1.165) is 5.54 Å². The summed E-state index contributed by atoms with van der Waals surface area (Å²) in [4.78, 5) is 10.2. The Kier molecular flexibility index (Phi) is 5.57. The predicted molar refractivity (Wildman–Crippen MR) is 95.0 cm³/mol. The fraction of sp³-hybridized carbons (Fsp3) is 0.500. The first-order valence-electron chi connectivity index (χ1n) is 7.64. The molecule has 1 aromatic carbocycles. The average Bonchev–Trinajstić information content (AvgIpc) is 2.62. The van der Waals surface area contributed by atoms with Gasteiger partial charge in [-0.3, -0.25) is 4.79 Å². The lowest BCUT2D eigenvalue weighted by Crippen LogP contribution is -2.27. The Morgan fingerprint density at radius 3 is 2.05 bits per heavy atom. The van der Waals surface area contributed by atoms with Crippen LogP contribution >= 0.6 is 0 Å². The van der Waals surface area contributed by atoms with E-state index in [-0.39, 0.29) is 11.3 Å². The van der Waals surface area contributed by atoms with Gasteiger partial charge in [0.2, 0.25) is 5.91 Å². The van der Waals surface area contributed by atoms with Crippen LogP contribution in [-0.4, -0.2) is 14.7 Å². The van der Waals surface area contributed by atoms with Crippen LogP contribution in [0.4, 0.5) is 0 Å². The van der Waals surface area contributed by atoms with Gasteiger partial charge in [-0.15, -0.1) is 0 Å². The van der Waals surface area contributed by atoms with E-state index in [1.54, 1.807) is 31.9 Å². The first-order valence-corrected chi connectivity index (χ1v) is 10.6. The van der Waals surface area contributed by atoms with Crippen LogP contribution in [0.3, 0.4) is 0 Å². The molecule has 21 heavy (non-hydrogen) atoms. The van der Waals surface area contributed by atoms with Crippen LogP contribution < -0.4 is 5.73 Å². The summed E-state index contributed by atoms with van der Waals surface area (Å²) in [5.74, 6) is -0.257. The molecule has 2 rings (SSSR count). The topological polar surface area (TPSA) is 43.1 Å². The number of rotatable bonds is 1. The van der Waals surface area contributed by atoms with Crippen molar-refractivity contribution >= 4 is 20.3 Å². The van der Waals surface area contributed by atoms with Gasteiger partial charge in [-0.2, -0.15) is 0 Å². The third kappa shape index (κ3) is 4.07. The number of primary amides is 1. The number of amides is 1. The van der Waals surface area contributed by atoms with E-state index < -0.39 is 8.80 Å². The van der Waals surface area contributed by atoms with Crippen LogP contribution in [0.1, 0.15) is 51.3 Å². The minimum Gasteiger partial charge on any atom is -0.369 e. The van der Waals surface area contributed by atoms with Crippen molar-refractivity contribution in [3.05, 3.63) is 41.0 Å². The molecule has 1 aromatic rings. The van der Waals surface area contributed by atoms with Gasteiger partial charge in [0.1, 0.15) is 0 Å². The molecule has 2 N–H and O–H groups in total. The number of nitrogens with two attached hydrogens (primary N) is 1. The Labute approximate surface area is 131 Å². The van der Waals surface area contributed by atoms with Crippen LogP contribution in [-0.2, 0) is 4.79 Å². The van der Waals surface area contributed by atoms with E-state index in [1.807, 2.05) is 0 Å². The van der Waals surface area contributed by atoms with Crippen molar-refractivity contribution in [3.63, 3.8) is 0 Å². The Morgan fingerprint density at radius 2 is 1.62 bits per heavy atom. The van der Waals surface area contributed by atoms with Crippen LogP contribution in [0.2, 0.25) is 13.1 Å². The zero-order valence-corrected chi connectivity index (χ0v) is 15.6. The smallest absolute Gasteiger partial charge is 0.222 e. The molecule has 0 saturated carbocycles. The molecule has 0 fully saturated rings. The van der Waals surface area contributed by atoms with Crippen LogP contribution in [0, 0.1) is 5.41 Å². The van der Waals surface area contributed by atoms with Gasteiger partial charge in [0.25, 0.3) is 0 Å². The summed E-state index contributed by atoms with van der Waals surface area (Å²) >= 11 is 0. The highest BCUT2D eigenvalue weighted by Crippen LogP contribution is 2.42. The number of benzene rings is 1. The van der Waals surface area contributed by atoms with Gasteiger partial charge in [0.15, 0.2) is 0 Å². The second-order valence-corrected chi connectivity index (χ2v) is 10.4. The summed E-state index contributed by atoms with van der Waals surface area (Å²) in [5, 5.41) is 0. The maximum absolute atomic E-state index is 10.2. The molecule has 1 aliphatic carbocycles. The van der Waals surface area contributed by atoms with E-state index in [1.165, 1.54) is 11.1 Å². The number of carbonyl (C=O) groups is 1. The van der Waals surface area contributed by atoms with E-state index in [0.29, 0.717) is 0 Å². The van der Waals surface area contributed by atoms with E-state index in [2.05, 4.69) is 51.2 Å². The van der Waals surface area contributed by atoms with Crippen molar-refractivity contribution in [2.24, 2.45) is 11.1 Å². The molecule has 0 heterocycles. The number of hydrogen-bond acceptors (Lipinski definition) is 1. The van der Waals surface area contributed by atoms with Crippen LogP contribution in [0.5, 0.6) is 0 Å². The fourth-order valence-corrected chi connectivity index (χ4v) is 4.91. The lowest BCUT2D eigenvalue weighted by atomic mass is 9.96. The van der Waals surface area contributed by atoms with Gasteiger partial charge in [-0.1, -0.05) is 63.7 Å². The first kappa shape index (κ1) is 17.7. The largest absolute Gasteiger partial charge is 0.369 e. The Bertz CT molecular complexity index is 553. The van der Waals surface area contributed by atoms with Gasteiger partial charge in [0.05, 0.1) is 0 Å². The fourth-order valence-electron chi connectivity index (χ4n) is 2.65. The second kappa shape index (κ2) is 6.61. The molecule has 0 saturated heterocycles. The molecule has 1 atom stereocenters. The second-order valence-electron chi connectivity index (χ2n) is 7.23. The Morgan fingerprint density at radius 1 is 1.14 bits per heavy atom. The van der Waals surface area contributed by atoms with E-state index in [4.69, 9.17) is 5.73 Å². The van der Waals surface area contributed by atoms with Gasteiger partial charge in [0, 0.05) is 14.2 Å². The SMILES string of the molecule is CC(C)(C)C(N)=O.CC1=C(C)C([SiH](C)C)c2ccccc21. The lowest BCUT2D eigenvalue weighted by Gasteiger charge is -2.17. The molecular formula is C18H29NOSi. The van der Waals surface area contributed by atoms with E-state index >= 15 is 0 Å². The average molecular weight is 304 g/mol. The minimum atomic E-state index is -0.614. The maximum atomic E-state index is 10.2. The normalized spacial score (nSPS) is 17.4. The summed E-state index contributed by atoms with van der Waals surface area (Å²) in [6.07, 6.45) is 0. The van der Waals surface area contributed by atoms with Crippen molar-refractivity contribution in [3.8, 4) is 0 Å². The molecule has 2 nitrogen and oxygen atoms in total. The van der Waals surface area contributed by atoms with Crippen LogP contribution in [0.25, 0.3) is 5.57 Å². The molecule has 1 unspecified atom stereocenters. The Balaban J connectivity index is 0.000000270. The van der Waals surface area contributed by atoms with Crippen molar-refractivity contribution < 1.29 is 4.79 Å². The molecule has 1 aliphatic rings. The standard InChI is InChI=1S/C13H18Si.C5H11NO/c1-9-10(2)13(14(3)4)12-8-6-5-7-11(9)12;1-5(2,3)4(6)7/h5-8,13-14H,1-4H3;1-3H3,(H2,6,7). The van der Waals surface area contributed by atoms with Crippen molar-refractivity contribution in [2.45, 2.75) is 53.3 Å². The van der Waals surface area contributed by atoms with Gasteiger partial charge in [-0.05, 0) is 36.1 Å². The summed E-state index contributed by atoms with van der Waals surface area (Å²) in [5.41, 5.74) is 11.6. The molecule has 1 amide bonds. The highest BCUT2D eigenvalue weighted by atomic mass is 28.3. The maximum Gasteiger partial charge on any atom is 0.222 e. The lowest BCUT2D eigenvalue weighted by molar-refractivity contribution is -0.125. The van der Waals surface area contributed by atoms with Crippen molar-refractivity contribution in [2.75, 3.05) is 0 Å². The third-order valence-electron chi connectivity index (χ3n) is 4.16. The summed E-state index contributed by atoms with van der Waals surface area (Å²) in [6, 6.07) is 8.91. The number of fused-ring (bicyclic) bond motifs is 1. The molecule has 3 heteroatoms.